The Bertz CT molecular complexity index is 399. The maximum Gasteiger partial charge on any atom is 0.251 e. The van der Waals surface area contributed by atoms with Gasteiger partial charge in [-0.1, -0.05) is 0 Å². The van der Waals surface area contributed by atoms with Gasteiger partial charge in [0.1, 0.15) is 11.5 Å². The molecular weight excluding hydrogens is 194 g/mol. The maximum absolute atomic E-state index is 11.5. The molecule has 0 saturated heterocycles. The number of benzene rings is 1. The predicted molar refractivity (Wildman–Crippen MR) is 55.9 cm³/mol. The van der Waals surface area contributed by atoms with E-state index in [1.807, 2.05) is 0 Å². The molecular formula is C11H13NO3. The molecule has 4 nitrogen and oxygen atoms in total. The summed E-state index contributed by atoms with van der Waals surface area (Å²) in [5.74, 6) is -0.259. The van der Waals surface area contributed by atoms with Crippen molar-refractivity contribution in [1.82, 2.24) is 5.32 Å². The molecule has 0 aromatic heterocycles. The molecule has 0 aliphatic rings. The first-order chi connectivity index (χ1) is 7.00. The molecule has 0 aliphatic carbocycles. The minimum absolute atomic E-state index is 0.0265. The molecule has 0 atom stereocenters. The van der Waals surface area contributed by atoms with Crippen LogP contribution in [0.15, 0.2) is 18.2 Å². The standard InChI is InChI=1S/C11H13NO3/c1-7-5-9(3-4-10(7)14)11(15)12-6-8(2)13/h3-5,14H,6H2,1-2H3,(H,12,15). The molecule has 0 heterocycles. The van der Waals surface area contributed by atoms with Crippen LogP contribution in [0.1, 0.15) is 22.8 Å². The quantitative estimate of drug-likeness (QED) is 0.777. The van der Waals surface area contributed by atoms with Crippen LogP contribution in [0.5, 0.6) is 5.75 Å². The Labute approximate surface area is 87.9 Å². The summed E-state index contributed by atoms with van der Waals surface area (Å²) in [7, 11) is 0. The highest BCUT2D eigenvalue weighted by atomic mass is 16.3. The van der Waals surface area contributed by atoms with Gasteiger partial charge < -0.3 is 10.4 Å². The molecule has 0 fully saturated rings. The molecule has 80 valence electrons. The molecule has 1 aromatic rings. The second-order valence-corrected chi connectivity index (χ2v) is 3.39. The number of carbonyl (C=O) groups excluding carboxylic acids is 2. The fraction of sp³-hybridized carbons (Fsp3) is 0.273. The third-order valence-electron chi connectivity index (χ3n) is 1.96. The molecule has 0 spiro atoms. The zero-order valence-electron chi connectivity index (χ0n) is 8.70. The van der Waals surface area contributed by atoms with Crippen molar-refractivity contribution in [1.29, 1.82) is 0 Å². The van der Waals surface area contributed by atoms with Gasteiger partial charge in [-0.3, -0.25) is 9.59 Å². The van der Waals surface area contributed by atoms with E-state index in [-0.39, 0.29) is 24.0 Å². The van der Waals surface area contributed by atoms with Gasteiger partial charge in [-0.15, -0.1) is 0 Å². The van der Waals surface area contributed by atoms with Crippen molar-refractivity contribution in [3.63, 3.8) is 0 Å². The van der Waals surface area contributed by atoms with Crippen molar-refractivity contribution in [2.24, 2.45) is 0 Å². The van der Waals surface area contributed by atoms with Gasteiger partial charge in [-0.25, -0.2) is 0 Å². The average molecular weight is 207 g/mol. The molecule has 15 heavy (non-hydrogen) atoms. The van der Waals surface area contributed by atoms with E-state index < -0.39 is 0 Å². The zero-order valence-corrected chi connectivity index (χ0v) is 8.70. The second kappa shape index (κ2) is 4.59. The van der Waals surface area contributed by atoms with Crippen molar-refractivity contribution in [3.8, 4) is 5.75 Å². The molecule has 0 aliphatic heterocycles. The van der Waals surface area contributed by atoms with E-state index in [1.165, 1.54) is 19.1 Å². The van der Waals surface area contributed by atoms with Gasteiger partial charge in [0.25, 0.3) is 5.91 Å². The maximum atomic E-state index is 11.5. The Balaban J connectivity index is 2.74. The summed E-state index contributed by atoms with van der Waals surface area (Å²) in [4.78, 5) is 22.1. The summed E-state index contributed by atoms with van der Waals surface area (Å²) in [6.45, 7) is 3.14. The summed E-state index contributed by atoms with van der Waals surface area (Å²) in [5.41, 5.74) is 1.07. The SMILES string of the molecule is CC(=O)CNC(=O)c1ccc(O)c(C)c1. The van der Waals surface area contributed by atoms with Crippen LogP contribution in [0.2, 0.25) is 0 Å². The van der Waals surface area contributed by atoms with Crippen molar-refractivity contribution in [2.45, 2.75) is 13.8 Å². The highest BCUT2D eigenvalue weighted by molar-refractivity contribution is 5.96. The van der Waals surface area contributed by atoms with E-state index in [4.69, 9.17) is 0 Å². The molecule has 1 rings (SSSR count). The van der Waals surface area contributed by atoms with Crippen LogP contribution in [0.4, 0.5) is 0 Å². The number of aryl methyl sites for hydroxylation is 1. The van der Waals surface area contributed by atoms with Crippen molar-refractivity contribution in [2.75, 3.05) is 6.54 Å². The van der Waals surface area contributed by atoms with Crippen LogP contribution >= 0.6 is 0 Å². The number of aromatic hydroxyl groups is 1. The number of rotatable bonds is 3. The normalized spacial score (nSPS) is 9.73. The van der Waals surface area contributed by atoms with Crippen molar-refractivity contribution >= 4 is 11.7 Å². The first kappa shape index (κ1) is 11.2. The van der Waals surface area contributed by atoms with Crippen molar-refractivity contribution in [3.05, 3.63) is 29.3 Å². The van der Waals surface area contributed by atoms with Gasteiger partial charge in [0, 0.05) is 5.56 Å². The highest BCUT2D eigenvalue weighted by Crippen LogP contribution is 2.16. The van der Waals surface area contributed by atoms with E-state index in [0.717, 1.165) is 0 Å². The number of phenols is 1. The highest BCUT2D eigenvalue weighted by Gasteiger charge is 2.07. The number of hydrogen-bond donors (Lipinski definition) is 2. The van der Waals surface area contributed by atoms with Gasteiger partial charge >= 0.3 is 0 Å². The molecule has 0 unspecified atom stereocenters. The summed E-state index contributed by atoms with van der Waals surface area (Å²) >= 11 is 0. The van der Waals surface area contributed by atoms with Gasteiger partial charge in [0.15, 0.2) is 0 Å². The second-order valence-electron chi connectivity index (χ2n) is 3.39. The Morgan fingerprint density at radius 3 is 2.60 bits per heavy atom. The predicted octanol–water partition coefficient (Wildman–Crippen LogP) is 1.02. The van der Waals surface area contributed by atoms with Crippen LogP contribution in [-0.4, -0.2) is 23.3 Å². The smallest absolute Gasteiger partial charge is 0.251 e. The van der Waals surface area contributed by atoms with E-state index in [0.29, 0.717) is 11.1 Å². The van der Waals surface area contributed by atoms with E-state index in [1.54, 1.807) is 13.0 Å². The molecule has 0 bridgehead atoms. The lowest BCUT2D eigenvalue weighted by Crippen LogP contribution is -2.28. The largest absolute Gasteiger partial charge is 0.508 e. The Hall–Kier alpha value is -1.84. The van der Waals surface area contributed by atoms with Crippen LogP contribution in [0.3, 0.4) is 0 Å². The molecule has 1 aromatic carbocycles. The number of nitrogens with one attached hydrogen (secondary N) is 1. The number of carbonyl (C=O) groups is 2. The number of amides is 1. The fourth-order valence-electron chi connectivity index (χ4n) is 1.10. The van der Waals surface area contributed by atoms with Crippen LogP contribution < -0.4 is 5.32 Å². The Morgan fingerprint density at radius 2 is 2.07 bits per heavy atom. The topological polar surface area (TPSA) is 66.4 Å². The molecule has 2 N–H and O–H groups in total. The van der Waals surface area contributed by atoms with E-state index >= 15 is 0 Å². The first-order valence-electron chi connectivity index (χ1n) is 4.58. The van der Waals surface area contributed by atoms with Gasteiger partial charge in [-0.2, -0.15) is 0 Å². The van der Waals surface area contributed by atoms with Crippen LogP contribution in [-0.2, 0) is 4.79 Å². The Kier molecular flexibility index (Phi) is 3.44. The minimum atomic E-state index is -0.312. The number of ketones is 1. The fourth-order valence-corrected chi connectivity index (χ4v) is 1.10. The summed E-state index contributed by atoms with van der Waals surface area (Å²) in [6, 6.07) is 4.54. The zero-order chi connectivity index (χ0) is 11.4. The summed E-state index contributed by atoms with van der Waals surface area (Å²) in [5, 5.41) is 11.7. The molecule has 1 amide bonds. The van der Waals surface area contributed by atoms with Gasteiger partial charge in [0.05, 0.1) is 6.54 Å². The van der Waals surface area contributed by atoms with Crippen LogP contribution in [0, 0.1) is 6.92 Å². The molecule has 0 radical (unpaired) electrons. The average Bonchev–Trinajstić information content (AvgIpc) is 2.18. The Morgan fingerprint density at radius 1 is 1.40 bits per heavy atom. The minimum Gasteiger partial charge on any atom is -0.508 e. The third kappa shape index (κ3) is 3.09. The summed E-state index contributed by atoms with van der Waals surface area (Å²) in [6.07, 6.45) is 0. The molecule has 4 heteroatoms. The van der Waals surface area contributed by atoms with E-state index in [9.17, 15) is 14.7 Å². The number of Topliss-reactive ketones (excluding diaryl/α,β-unsaturated/α-hetero) is 1. The van der Waals surface area contributed by atoms with Crippen LogP contribution in [0.25, 0.3) is 0 Å². The van der Waals surface area contributed by atoms with Gasteiger partial charge in [-0.05, 0) is 37.6 Å². The number of phenolic OH excluding ortho intramolecular Hbond substituents is 1. The lowest BCUT2D eigenvalue weighted by atomic mass is 10.1. The number of hydrogen-bond acceptors (Lipinski definition) is 3. The third-order valence-corrected chi connectivity index (χ3v) is 1.96. The van der Waals surface area contributed by atoms with Crippen molar-refractivity contribution < 1.29 is 14.7 Å². The first-order valence-corrected chi connectivity index (χ1v) is 4.58. The molecule has 0 saturated carbocycles. The monoisotopic (exact) mass is 207 g/mol. The van der Waals surface area contributed by atoms with Gasteiger partial charge in [0.2, 0.25) is 0 Å². The lowest BCUT2D eigenvalue weighted by Gasteiger charge is -2.04. The van der Waals surface area contributed by atoms with E-state index in [2.05, 4.69) is 5.32 Å². The lowest BCUT2D eigenvalue weighted by molar-refractivity contribution is -0.116. The summed E-state index contributed by atoms with van der Waals surface area (Å²) < 4.78 is 0.